The van der Waals surface area contributed by atoms with Gasteiger partial charge in [0.2, 0.25) is 0 Å². The van der Waals surface area contributed by atoms with E-state index in [0.717, 1.165) is 0 Å². The molecular weight excluding hydrogens is 242 g/mol. The van der Waals surface area contributed by atoms with Crippen LogP contribution in [0.4, 0.5) is 0 Å². The third-order valence-electron chi connectivity index (χ3n) is 0.870. The molecule has 0 amide bonds. The van der Waals surface area contributed by atoms with Gasteiger partial charge in [0, 0.05) is 0 Å². The summed E-state index contributed by atoms with van der Waals surface area (Å²) in [5.74, 6) is 0. The highest BCUT2D eigenvalue weighted by molar-refractivity contribution is 7.46. The SMILES string of the molecule is O=P(O)(O)OCC(O)COP(=O)(O)O. The Morgan fingerprint density at radius 3 is 1.43 bits per heavy atom. The smallest absolute Gasteiger partial charge is 0.388 e. The van der Waals surface area contributed by atoms with Crippen molar-refractivity contribution < 1.29 is 42.9 Å². The first kappa shape index (κ1) is 14.2. The fourth-order valence-corrected chi connectivity index (χ4v) is 1.15. The van der Waals surface area contributed by atoms with Gasteiger partial charge in [0.15, 0.2) is 0 Å². The number of phosphoric acid groups is 2. The maximum atomic E-state index is 10.1. The summed E-state index contributed by atoms with van der Waals surface area (Å²) < 4.78 is 27.9. The first-order chi connectivity index (χ1) is 6.10. The van der Waals surface area contributed by atoms with Gasteiger partial charge >= 0.3 is 15.6 Å². The molecule has 14 heavy (non-hydrogen) atoms. The molecule has 0 aromatic rings. The zero-order valence-electron chi connectivity index (χ0n) is 6.76. The molecule has 0 saturated heterocycles. The van der Waals surface area contributed by atoms with E-state index in [1.807, 2.05) is 0 Å². The van der Waals surface area contributed by atoms with E-state index in [1.165, 1.54) is 0 Å². The molecule has 0 rings (SSSR count). The predicted molar refractivity (Wildman–Crippen MR) is 42.0 cm³/mol. The third-order valence-corrected chi connectivity index (χ3v) is 1.84. The molecule has 0 heterocycles. The first-order valence-corrected chi connectivity index (χ1v) is 6.24. The van der Waals surface area contributed by atoms with E-state index in [2.05, 4.69) is 9.05 Å². The Morgan fingerprint density at radius 2 is 1.21 bits per heavy atom. The van der Waals surface area contributed by atoms with E-state index in [0.29, 0.717) is 0 Å². The molecule has 11 heteroatoms. The number of phosphoric ester groups is 2. The van der Waals surface area contributed by atoms with Crippen LogP contribution in [0.5, 0.6) is 0 Å². The maximum Gasteiger partial charge on any atom is 0.469 e. The monoisotopic (exact) mass is 252 g/mol. The van der Waals surface area contributed by atoms with Crippen molar-refractivity contribution in [2.75, 3.05) is 13.2 Å². The third kappa shape index (κ3) is 10.3. The molecular formula is C3H10O9P2. The molecule has 0 aromatic heterocycles. The Kier molecular flexibility index (Phi) is 5.38. The lowest BCUT2D eigenvalue weighted by Gasteiger charge is -2.12. The van der Waals surface area contributed by atoms with Gasteiger partial charge in [-0.15, -0.1) is 0 Å². The average molecular weight is 252 g/mol. The minimum Gasteiger partial charge on any atom is -0.388 e. The summed E-state index contributed by atoms with van der Waals surface area (Å²) in [5, 5.41) is 8.84. The second kappa shape index (κ2) is 5.32. The largest absolute Gasteiger partial charge is 0.469 e. The van der Waals surface area contributed by atoms with Gasteiger partial charge in [-0.05, 0) is 0 Å². The van der Waals surface area contributed by atoms with Crippen LogP contribution >= 0.6 is 15.6 Å². The van der Waals surface area contributed by atoms with Crippen molar-refractivity contribution >= 4 is 15.6 Å². The van der Waals surface area contributed by atoms with Gasteiger partial charge < -0.3 is 24.7 Å². The van der Waals surface area contributed by atoms with E-state index < -0.39 is 35.0 Å². The summed E-state index contributed by atoms with van der Waals surface area (Å²) in [4.78, 5) is 32.7. The van der Waals surface area contributed by atoms with Crippen LogP contribution in [-0.2, 0) is 18.2 Å². The minimum absolute atomic E-state index is 0.787. The maximum absolute atomic E-state index is 10.1. The number of aliphatic hydroxyl groups is 1. The second-order valence-corrected chi connectivity index (χ2v) is 4.71. The molecule has 9 nitrogen and oxygen atoms in total. The molecule has 0 aliphatic heterocycles. The molecule has 0 radical (unpaired) electrons. The number of hydrogen-bond acceptors (Lipinski definition) is 5. The van der Waals surface area contributed by atoms with Gasteiger partial charge in [-0.3, -0.25) is 9.05 Å². The Balaban J connectivity index is 3.73. The van der Waals surface area contributed by atoms with Crippen LogP contribution in [0.2, 0.25) is 0 Å². The lowest BCUT2D eigenvalue weighted by molar-refractivity contribution is 0.0394. The normalized spacial score (nSPS) is 13.6. The molecule has 0 atom stereocenters. The molecule has 5 N–H and O–H groups in total. The number of rotatable bonds is 6. The highest BCUT2D eigenvalue weighted by Gasteiger charge is 2.20. The van der Waals surface area contributed by atoms with Gasteiger partial charge in [-0.25, -0.2) is 9.13 Å². The lowest BCUT2D eigenvalue weighted by Crippen LogP contribution is -2.20. The van der Waals surface area contributed by atoms with E-state index in [4.69, 9.17) is 24.7 Å². The van der Waals surface area contributed by atoms with Crippen molar-refractivity contribution in [2.45, 2.75) is 6.10 Å². The highest BCUT2D eigenvalue weighted by atomic mass is 31.2. The zero-order valence-corrected chi connectivity index (χ0v) is 8.54. The Morgan fingerprint density at radius 1 is 0.929 bits per heavy atom. The Labute approximate surface area is 78.8 Å². The van der Waals surface area contributed by atoms with Crippen molar-refractivity contribution in [2.24, 2.45) is 0 Å². The highest BCUT2D eigenvalue weighted by Crippen LogP contribution is 2.37. The van der Waals surface area contributed by atoms with Crippen LogP contribution < -0.4 is 0 Å². The fourth-order valence-electron chi connectivity index (χ4n) is 0.414. The quantitative estimate of drug-likeness (QED) is 0.357. The summed E-state index contributed by atoms with van der Waals surface area (Å²) in [5.41, 5.74) is 0. The molecule has 0 fully saturated rings. The summed E-state index contributed by atoms with van der Waals surface area (Å²) >= 11 is 0. The minimum atomic E-state index is -4.69. The van der Waals surface area contributed by atoms with Crippen molar-refractivity contribution in [1.82, 2.24) is 0 Å². The van der Waals surface area contributed by atoms with Gasteiger partial charge in [-0.2, -0.15) is 0 Å². The van der Waals surface area contributed by atoms with Crippen molar-refractivity contribution in [1.29, 1.82) is 0 Å². The molecule has 0 aliphatic rings. The van der Waals surface area contributed by atoms with Gasteiger partial charge in [0.1, 0.15) is 6.10 Å². The molecule has 0 saturated carbocycles. The molecule has 0 aromatic carbocycles. The predicted octanol–water partition coefficient (Wildman–Crippen LogP) is -1.43. The molecule has 0 spiro atoms. The molecule has 86 valence electrons. The van der Waals surface area contributed by atoms with Crippen LogP contribution in [0.3, 0.4) is 0 Å². The summed E-state index contributed by atoms with van der Waals surface area (Å²) in [6.45, 7) is -1.57. The van der Waals surface area contributed by atoms with Crippen LogP contribution in [0.1, 0.15) is 0 Å². The standard InChI is InChI=1S/C3H10O9P2/c4-3(1-11-13(5,6)7)2-12-14(8,9)10/h3-4H,1-2H2,(H2,5,6,7)(H2,8,9,10). The van der Waals surface area contributed by atoms with E-state index in [9.17, 15) is 9.13 Å². The van der Waals surface area contributed by atoms with E-state index >= 15 is 0 Å². The van der Waals surface area contributed by atoms with Crippen LogP contribution in [0.15, 0.2) is 0 Å². The number of aliphatic hydroxyl groups excluding tert-OH is 1. The van der Waals surface area contributed by atoms with Gasteiger partial charge in [0.25, 0.3) is 0 Å². The summed E-state index contributed by atoms with van der Waals surface area (Å²) in [7, 11) is -9.39. The molecule has 0 bridgehead atoms. The topological polar surface area (TPSA) is 154 Å². The summed E-state index contributed by atoms with van der Waals surface area (Å²) in [6.07, 6.45) is -1.53. The first-order valence-electron chi connectivity index (χ1n) is 3.18. The zero-order chi connectivity index (χ0) is 11.4. The fraction of sp³-hybridized carbons (Fsp3) is 1.00. The molecule has 0 aliphatic carbocycles. The van der Waals surface area contributed by atoms with Crippen molar-refractivity contribution in [3.63, 3.8) is 0 Å². The second-order valence-electron chi connectivity index (χ2n) is 2.23. The molecule has 0 unspecified atom stereocenters. The lowest BCUT2D eigenvalue weighted by atomic mass is 10.4. The van der Waals surface area contributed by atoms with E-state index in [-0.39, 0.29) is 0 Å². The van der Waals surface area contributed by atoms with Gasteiger partial charge in [0.05, 0.1) is 13.2 Å². The average Bonchev–Trinajstić information content (AvgIpc) is 1.94. The Bertz CT molecular complexity index is 225. The Hall–Kier alpha value is 0.180. The van der Waals surface area contributed by atoms with Crippen molar-refractivity contribution in [3.8, 4) is 0 Å². The van der Waals surface area contributed by atoms with Crippen LogP contribution in [0, 0.1) is 0 Å². The van der Waals surface area contributed by atoms with Gasteiger partial charge in [-0.1, -0.05) is 0 Å². The van der Waals surface area contributed by atoms with Crippen LogP contribution in [-0.4, -0.2) is 44.0 Å². The number of hydrogen-bond donors (Lipinski definition) is 5. The van der Waals surface area contributed by atoms with Crippen molar-refractivity contribution in [3.05, 3.63) is 0 Å². The van der Waals surface area contributed by atoms with E-state index in [1.54, 1.807) is 0 Å². The summed E-state index contributed by atoms with van der Waals surface area (Å²) in [6, 6.07) is 0. The van der Waals surface area contributed by atoms with Crippen LogP contribution in [0.25, 0.3) is 0 Å².